The van der Waals surface area contributed by atoms with Crippen molar-refractivity contribution in [3.63, 3.8) is 0 Å². The van der Waals surface area contributed by atoms with Gasteiger partial charge in [-0.05, 0) is 56.9 Å². The molecule has 2 aromatic rings. The number of nitrogens with zero attached hydrogens (tertiary/aromatic N) is 2. The maximum absolute atomic E-state index is 12.5. The van der Waals surface area contributed by atoms with E-state index in [1.807, 2.05) is 19.1 Å². The van der Waals surface area contributed by atoms with Crippen molar-refractivity contribution < 1.29 is 4.79 Å². The Bertz CT molecular complexity index is 712. The molecule has 0 atom stereocenters. The molecule has 0 bridgehead atoms. The lowest BCUT2D eigenvalue weighted by molar-refractivity contribution is 0.103. The first-order chi connectivity index (χ1) is 11.2. The fraction of sp³-hybridized carbons (Fsp3) is 0.444. The van der Waals surface area contributed by atoms with Crippen LogP contribution in [0.2, 0.25) is 0 Å². The number of aromatic nitrogens is 1. The summed E-state index contributed by atoms with van der Waals surface area (Å²) in [4.78, 5) is 20.2. The number of hydrogen-bond acceptors (Lipinski definition) is 4. The molecule has 1 aliphatic heterocycles. The number of rotatable bonds is 4. The Morgan fingerprint density at radius 3 is 2.57 bits per heavy atom. The minimum Gasteiger partial charge on any atom is -0.372 e. The van der Waals surface area contributed by atoms with Gasteiger partial charge in [0.25, 0.3) is 5.91 Å². The van der Waals surface area contributed by atoms with E-state index in [-0.39, 0.29) is 5.91 Å². The molecule has 5 heteroatoms. The predicted octanol–water partition coefficient (Wildman–Crippen LogP) is 4.18. The minimum atomic E-state index is -0.0409. The highest BCUT2D eigenvalue weighted by molar-refractivity contribution is 7.14. The highest BCUT2D eigenvalue weighted by atomic mass is 32.1. The van der Waals surface area contributed by atoms with E-state index in [9.17, 15) is 4.79 Å². The molecule has 120 valence electrons. The van der Waals surface area contributed by atoms with Gasteiger partial charge in [0.2, 0.25) is 0 Å². The highest BCUT2D eigenvalue weighted by Gasteiger charge is 2.29. The van der Waals surface area contributed by atoms with Crippen molar-refractivity contribution in [3.05, 3.63) is 39.8 Å². The Hall–Kier alpha value is -1.88. The molecule has 1 aliphatic carbocycles. The topological polar surface area (TPSA) is 45.2 Å². The largest absolute Gasteiger partial charge is 0.372 e. The molecule has 4 nitrogen and oxygen atoms in total. The van der Waals surface area contributed by atoms with Crippen molar-refractivity contribution in [1.29, 1.82) is 0 Å². The van der Waals surface area contributed by atoms with Crippen LogP contribution in [0.25, 0.3) is 0 Å². The highest BCUT2D eigenvalue weighted by Crippen LogP contribution is 2.42. The predicted molar refractivity (Wildman–Crippen MR) is 94.7 cm³/mol. The molecule has 0 radical (unpaired) electrons. The number of thiazole rings is 1. The van der Waals surface area contributed by atoms with E-state index in [1.54, 1.807) is 11.3 Å². The Labute approximate surface area is 140 Å². The second-order valence-electron chi connectivity index (χ2n) is 6.44. The monoisotopic (exact) mass is 327 g/mol. The average molecular weight is 327 g/mol. The summed E-state index contributed by atoms with van der Waals surface area (Å²) in [6.45, 7) is 4.19. The van der Waals surface area contributed by atoms with Crippen LogP contribution >= 0.6 is 11.3 Å². The van der Waals surface area contributed by atoms with Crippen LogP contribution < -0.4 is 10.2 Å². The van der Waals surface area contributed by atoms with Gasteiger partial charge in [-0.1, -0.05) is 0 Å². The third-order valence-electron chi connectivity index (χ3n) is 4.54. The zero-order valence-electron chi connectivity index (χ0n) is 13.3. The Morgan fingerprint density at radius 2 is 1.91 bits per heavy atom. The van der Waals surface area contributed by atoms with E-state index in [2.05, 4.69) is 27.3 Å². The molecule has 4 rings (SSSR count). The minimum absolute atomic E-state index is 0.0409. The number of carbonyl (C=O) groups excluding carboxylic acids is 1. The molecule has 2 heterocycles. The smallest absolute Gasteiger partial charge is 0.267 e. The summed E-state index contributed by atoms with van der Waals surface area (Å²) in [7, 11) is 0. The number of benzene rings is 1. The fourth-order valence-corrected chi connectivity index (χ4v) is 4.18. The molecule has 0 spiro atoms. The van der Waals surface area contributed by atoms with E-state index in [0.717, 1.165) is 34.4 Å². The van der Waals surface area contributed by atoms with E-state index < -0.39 is 0 Å². The van der Waals surface area contributed by atoms with E-state index in [4.69, 9.17) is 0 Å². The first-order valence-electron chi connectivity index (χ1n) is 8.34. The summed E-state index contributed by atoms with van der Waals surface area (Å²) in [5, 5.41) is 4.12. The lowest BCUT2D eigenvalue weighted by Crippen LogP contribution is -2.17. The molecule has 2 aliphatic rings. The second-order valence-corrected chi connectivity index (χ2v) is 7.47. The molecule has 1 N–H and O–H groups in total. The van der Waals surface area contributed by atoms with Crippen LogP contribution in [0.5, 0.6) is 0 Å². The molecule has 23 heavy (non-hydrogen) atoms. The normalized spacial score (nSPS) is 17.5. The van der Waals surface area contributed by atoms with Gasteiger partial charge in [0, 0.05) is 30.4 Å². The summed E-state index contributed by atoms with van der Waals surface area (Å²) in [5.41, 5.74) is 2.94. The van der Waals surface area contributed by atoms with E-state index in [0.29, 0.717) is 5.92 Å². The third kappa shape index (κ3) is 3.11. The van der Waals surface area contributed by atoms with Gasteiger partial charge in [0.1, 0.15) is 4.88 Å². The molecular formula is C18H21N3OS. The molecule has 1 saturated heterocycles. The zero-order chi connectivity index (χ0) is 15.8. The number of aryl methyl sites for hydroxylation is 1. The lowest BCUT2D eigenvalue weighted by atomic mass is 10.2. The molecule has 1 aromatic carbocycles. The molecule has 1 saturated carbocycles. The van der Waals surface area contributed by atoms with Crippen LogP contribution in [0.4, 0.5) is 11.4 Å². The van der Waals surface area contributed by atoms with Crippen LogP contribution in [0.1, 0.15) is 52.0 Å². The van der Waals surface area contributed by atoms with Crippen molar-refractivity contribution >= 4 is 28.6 Å². The Balaban J connectivity index is 1.45. The van der Waals surface area contributed by atoms with Crippen LogP contribution in [0, 0.1) is 6.92 Å². The summed E-state index contributed by atoms with van der Waals surface area (Å²) in [5.74, 6) is 0.556. The summed E-state index contributed by atoms with van der Waals surface area (Å²) < 4.78 is 0. The van der Waals surface area contributed by atoms with Gasteiger partial charge in [-0.2, -0.15) is 0 Å². The summed E-state index contributed by atoms with van der Waals surface area (Å²) in [6, 6.07) is 8.17. The van der Waals surface area contributed by atoms with Crippen molar-refractivity contribution in [1.82, 2.24) is 4.98 Å². The van der Waals surface area contributed by atoms with E-state index in [1.165, 1.54) is 31.4 Å². The van der Waals surface area contributed by atoms with Gasteiger partial charge >= 0.3 is 0 Å². The first-order valence-corrected chi connectivity index (χ1v) is 9.16. The second kappa shape index (κ2) is 5.96. The summed E-state index contributed by atoms with van der Waals surface area (Å²) >= 11 is 1.55. The molecule has 2 fully saturated rings. The number of amides is 1. The number of carbonyl (C=O) groups is 1. The number of anilines is 2. The quantitative estimate of drug-likeness (QED) is 0.916. The maximum Gasteiger partial charge on any atom is 0.267 e. The van der Waals surface area contributed by atoms with Gasteiger partial charge in [-0.3, -0.25) is 4.79 Å². The first kappa shape index (κ1) is 14.7. The van der Waals surface area contributed by atoms with Crippen molar-refractivity contribution in [2.75, 3.05) is 23.3 Å². The third-order valence-corrected chi connectivity index (χ3v) is 5.86. The van der Waals surface area contributed by atoms with Gasteiger partial charge in [0.05, 0.1) is 10.7 Å². The lowest BCUT2D eigenvalue weighted by Gasteiger charge is -2.17. The van der Waals surface area contributed by atoms with Crippen LogP contribution in [0.3, 0.4) is 0 Å². The average Bonchev–Trinajstić information content (AvgIpc) is 3.11. The number of nitrogens with one attached hydrogen (secondary N) is 1. The fourth-order valence-electron chi connectivity index (χ4n) is 3.05. The summed E-state index contributed by atoms with van der Waals surface area (Å²) in [6.07, 6.45) is 4.97. The van der Waals surface area contributed by atoms with Crippen LogP contribution in [-0.2, 0) is 0 Å². The van der Waals surface area contributed by atoms with Crippen molar-refractivity contribution in [2.45, 2.75) is 38.5 Å². The van der Waals surface area contributed by atoms with Gasteiger partial charge in [-0.25, -0.2) is 4.98 Å². The molecule has 1 aromatic heterocycles. The van der Waals surface area contributed by atoms with E-state index >= 15 is 0 Å². The maximum atomic E-state index is 12.5. The molecule has 0 unspecified atom stereocenters. The Kier molecular flexibility index (Phi) is 3.81. The van der Waals surface area contributed by atoms with Crippen LogP contribution in [-0.4, -0.2) is 24.0 Å². The molecular weight excluding hydrogens is 306 g/mol. The standard InChI is InChI=1S/C18H21N3OS/c1-12-16(23-18(19-12)13-4-5-13)17(22)20-14-6-8-15(9-7-14)21-10-2-3-11-21/h6-9,13H,2-5,10-11H2,1H3,(H,20,22). The van der Waals surface area contributed by atoms with Crippen molar-refractivity contribution in [3.8, 4) is 0 Å². The van der Waals surface area contributed by atoms with Crippen molar-refractivity contribution in [2.24, 2.45) is 0 Å². The SMILES string of the molecule is Cc1nc(C2CC2)sc1C(=O)Nc1ccc(N2CCCC2)cc1. The van der Waals surface area contributed by atoms with Gasteiger partial charge in [-0.15, -0.1) is 11.3 Å². The van der Waals surface area contributed by atoms with Gasteiger partial charge < -0.3 is 10.2 Å². The Morgan fingerprint density at radius 1 is 1.22 bits per heavy atom. The molecule has 1 amide bonds. The number of hydrogen-bond donors (Lipinski definition) is 1. The van der Waals surface area contributed by atoms with Gasteiger partial charge in [0.15, 0.2) is 0 Å². The zero-order valence-corrected chi connectivity index (χ0v) is 14.2. The van der Waals surface area contributed by atoms with Crippen LogP contribution in [0.15, 0.2) is 24.3 Å².